The van der Waals surface area contributed by atoms with Crippen LogP contribution in [0.1, 0.15) is 65.2 Å². The maximum atomic E-state index is 13.3. The number of nitrogens with one attached hydrogen (secondary N) is 4. The Balaban J connectivity index is 1.41. The van der Waals surface area contributed by atoms with Gasteiger partial charge in [0.25, 0.3) is 11.5 Å². The molecule has 0 saturated heterocycles. The van der Waals surface area contributed by atoms with E-state index in [1.807, 2.05) is 6.92 Å². The lowest BCUT2D eigenvalue weighted by molar-refractivity contribution is -0.138. The van der Waals surface area contributed by atoms with E-state index in [0.29, 0.717) is 24.8 Å². The number of rotatable bonds is 14. The highest BCUT2D eigenvalue weighted by molar-refractivity contribution is 6.36. The number of likely N-dealkylation sites (N-methyl/N-ethyl adjacent to an activating group) is 1. The molecule has 13 heteroatoms. The molecule has 4 aliphatic carbocycles. The summed E-state index contributed by atoms with van der Waals surface area (Å²) in [6.45, 7) is 3.03. The van der Waals surface area contributed by atoms with Gasteiger partial charge in [0.05, 0.1) is 6.54 Å². The Labute approximate surface area is 256 Å². The molecule has 5 amide bonds. The maximum Gasteiger partial charge on any atom is 0.287 e. The molecule has 240 valence electrons. The Kier molecular flexibility index (Phi) is 10.9. The summed E-state index contributed by atoms with van der Waals surface area (Å²) in [6.07, 6.45) is 7.45. The van der Waals surface area contributed by atoms with E-state index in [9.17, 15) is 33.6 Å². The van der Waals surface area contributed by atoms with Crippen molar-refractivity contribution in [1.29, 1.82) is 0 Å². The van der Waals surface area contributed by atoms with Gasteiger partial charge in [0.1, 0.15) is 18.3 Å². The van der Waals surface area contributed by atoms with Gasteiger partial charge in [-0.1, -0.05) is 6.92 Å². The predicted molar refractivity (Wildman–Crippen MR) is 161 cm³/mol. The van der Waals surface area contributed by atoms with E-state index in [-0.39, 0.29) is 49.5 Å². The smallest absolute Gasteiger partial charge is 0.287 e. The van der Waals surface area contributed by atoms with E-state index >= 15 is 0 Å². The minimum Gasteiger partial charge on any atom is -0.353 e. The number of hydrogen-bond acceptors (Lipinski definition) is 7. The van der Waals surface area contributed by atoms with Crippen molar-refractivity contribution in [3.05, 3.63) is 28.7 Å². The quantitative estimate of drug-likeness (QED) is 0.222. The van der Waals surface area contributed by atoms with E-state index in [1.54, 1.807) is 0 Å². The summed E-state index contributed by atoms with van der Waals surface area (Å²) in [4.78, 5) is 89.4. The van der Waals surface area contributed by atoms with Gasteiger partial charge in [0.2, 0.25) is 29.4 Å². The van der Waals surface area contributed by atoms with E-state index in [0.717, 1.165) is 37.5 Å². The molecule has 1 heterocycles. The number of pyridine rings is 1. The highest BCUT2D eigenvalue weighted by Gasteiger charge is 2.48. The van der Waals surface area contributed by atoms with Gasteiger partial charge in [-0.2, -0.15) is 0 Å². The largest absolute Gasteiger partial charge is 0.353 e. The fraction of sp³-hybridized carbons (Fsp3) is 0.645. The normalized spacial score (nSPS) is 23.8. The Morgan fingerprint density at radius 3 is 2.25 bits per heavy atom. The average molecular weight is 613 g/mol. The second-order valence-electron chi connectivity index (χ2n) is 12.5. The van der Waals surface area contributed by atoms with Gasteiger partial charge in [0, 0.05) is 39.2 Å². The lowest BCUT2D eigenvalue weighted by Gasteiger charge is -2.54. The van der Waals surface area contributed by atoms with Crippen LogP contribution in [0.25, 0.3) is 0 Å². The van der Waals surface area contributed by atoms with Crippen LogP contribution in [-0.4, -0.2) is 77.0 Å². The van der Waals surface area contributed by atoms with Gasteiger partial charge >= 0.3 is 0 Å². The van der Waals surface area contributed by atoms with Crippen molar-refractivity contribution in [2.75, 3.05) is 25.5 Å². The summed E-state index contributed by atoms with van der Waals surface area (Å²) in [5.74, 6) is -1.06. The van der Waals surface area contributed by atoms with Gasteiger partial charge < -0.3 is 30.7 Å². The summed E-state index contributed by atoms with van der Waals surface area (Å²) in [5, 5.41) is 10.4. The molecule has 0 aromatic carbocycles. The average Bonchev–Trinajstić information content (AvgIpc) is 2.97. The maximum absolute atomic E-state index is 13.3. The molecule has 0 aliphatic heterocycles. The van der Waals surface area contributed by atoms with Crippen molar-refractivity contribution in [3.8, 4) is 0 Å². The highest BCUT2D eigenvalue weighted by atomic mass is 16.2. The molecule has 1 unspecified atom stereocenters. The number of carbonyl (C=O) groups excluding carboxylic acids is 6. The van der Waals surface area contributed by atoms with Crippen LogP contribution >= 0.6 is 0 Å². The van der Waals surface area contributed by atoms with Crippen molar-refractivity contribution < 1.29 is 28.8 Å². The van der Waals surface area contributed by atoms with Crippen LogP contribution in [0, 0.1) is 23.7 Å². The molecule has 1 aromatic heterocycles. The third kappa shape index (κ3) is 8.11. The summed E-state index contributed by atoms with van der Waals surface area (Å²) in [6, 6.07) is 1.78. The van der Waals surface area contributed by atoms with Crippen LogP contribution in [0.3, 0.4) is 0 Å². The van der Waals surface area contributed by atoms with Crippen molar-refractivity contribution in [3.63, 3.8) is 0 Å². The number of hydrogen-bond donors (Lipinski definition) is 4. The molecule has 5 rings (SSSR count). The summed E-state index contributed by atoms with van der Waals surface area (Å²) >= 11 is 0. The molecule has 4 N–H and O–H groups in total. The van der Waals surface area contributed by atoms with E-state index in [2.05, 4.69) is 21.3 Å². The molecule has 44 heavy (non-hydrogen) atoms. The zero-order valence-corrected chi connectivity index (χ0v) is 25.7. The minimum atomic E-state index is -1.28. The molecule has 0 radical (unpaired) electrons. The monoisotopic (exact) mass is 612 g/mol. The number of aromatic nitrogens is 1. The van der Waals surface area contributed by atoms with Crippen LogP contribution in [-0.2, 0) is 35.3 Å². The Hall–Kier alpha value is -4.03. The number of anilines is 1. The topological polar surface area (TPSA) is 176 Å². The van der Waals surface area contributed by atoms with Crippen LogP contribution in [0.15, 0.2) is 23.1 Å². The van der Waals surface area contributed by atoms with Crippen LogP contribution in [0.4, 0.5) is 5.69 Å². The van der Waals surface area contributed by atoms with Crippen molar-refractivity contribution >= 4 is 41.0 Å². The van der Waals surface area contributed by atoms with Crippen molar-refractivity contribution in [1.82, 2.24) is 25.4 Å². The zero-order valence-electron chi connectivity index (χ0n) is 25.7. The number of nitrogens with zero attached hydrogens (tertiary/aromatic N) is 2. The molecule has 1 atom stereocenters. The van der Waals surface area contributed by atoms with Gasteiger partial charge in [-0.15, -0.1) is 0 Å². The molecule has 4 aliphatic rings. The lowest BCUT2D eigenvalue weighted by Crippen LogP contribution is -2.56. The summed E-state index contributed by atoms with van der Waals surface area (Å²) in [5.41, 5.74) is -0.702. The molecule has 4 bridgehead atoms. The fourth-order valence-electron chi connectivity index (χ4n) is 7.35. The molecule has 0 spiro atoms. The third-order valence-corrected chi connectivity index (χ3v) is 9.21. The number of carbonyl (C=O) groups is 6. The summed E-state index contributed by atoms with van der Waals surface area (Å²) < 4.78 is 1.22. The SMILES string of the molecule is CCCN(CC(=O)NC(CCC(=O)C(=O)NC)C(=O)Nc1cccn(CC(=O)NC2C3CC4CC(C3)CC2C4)c1=O)C(C)=O. The second kappa shape index (κ2) is 14.6. The number of ketones is 1. The molecule has 1 aromatic rings. The molecule has 4 fully saturated rings. The first-order chi connectivity index (χ1) is 21.0. The van der Waals surface area contributed by atoms with Gasteiger partial charge in [-0.25, -0.2) is 0 Å². The first kappa shape index (κ1) is 32.9. The van der Waals surface area contributed by atoms with Crippen molar-refractivity contribution in [2.24, 2.45) is 23.7 Å². The van der Waals surface area contributed by atoms with Crippen molar-refractivity contribution in [2.45, 2.75) is 83.8 Å². The fourth-order valence-corrected chi connectivity index (χ4v) is 7.35. The lowest BCUT2D eigenvalue weighted by atomic mass is 9.54. The number of Topliss-reactive ketones (excluding diaryl/α,β-unsaturated/α-hetero) is 1. The first-order valence-corrected chi connectivity index (χ1v) is 15.6. The second-order valence-corrected chi connectivity index (χ2v) is 12.5. The van der Waals surface area contributed by atoms with Crippen LogP contribution < -0.4 is 26.8 Å². The molecular weight excluding hydrogens is 568 g/mol. The third-order valence-electron chi connectivity index (χ3n) is 9.21. The molecular formula is C31H44N6O7. The Morgan fingerprint density at radius 1 is 1.00 bits per heavy atom. The highest BCUT2D eigenvalue weighted by Crippen LogP contribution is 2.53. The van der Waals surface area contributed by atoms with Gasteiger partial charge in [-0.05, 0) is 80.8 Å². The van der Waals surface area contributed by atoms with Crippen LogP contribution in [0.5, 0.6) is 0 Å². The van der Waals surface area contributed by atoms with E-state index in [4.69, 9.17) is 0 Å². The first-order valence-electron chi connectivity index (χ1n) is 15.6. The molecule has 13 nitrogen and oxygen atoms in total. The Morgan fingerprint density at radius 2 is 1.66 bits per heavy atom. The zero-order chi connectivity index (χ0) is 32.0. The predicted octanol–water partition coefficient (Wildman–Crippen LogP) is 0.566. The minimum absolute atomic E-state index is 0.104. The van der Waals surface area contributed by atoms with Gasteiger partial charge in [0.15, 0.2) is 0 Å². The van der Waals surface area contributed by atoms with E-state index in [1.165, 1.54) is 48.2 Å². The Bertz CT molecular complexity index is 1310. The van der Waals surface area contributed by atoms with Crippen LogP contribution in [0.2, 0.25) is 0 Å². The van der Waals surface area contributed by atoms with E-state index < -0.39 is 35.1 Å². The molecule has 4 saturated carbocycles. The standard InChI is InChI=1S/C31H44N6O7/c1-4-9-36(18(2)38)16-26(40)33-23(7-8-25(39)30(43)32-3)29(42)34-24-6-5-10-37(31(24)44)17-27(41)35-28-21-12-19-11-20(14-21)15-22(28)13-19/h5-6,10,19-23,28H,4,7-9,11-17H2,1-3H3,(H,32,43)(H,33,40)(H,34,42)(H,35,41). The van der Waals surface area contributed by atoms with Gasteiger partial charge in [-0.3, -0.25) is 33.6 Å². The summed E-state index contributed by atoms with van der Waals surface area (Å²) in [7, 11) is 1.31. The number of amides is 5.